The van der Waals surface area contributed by atoms with Crippen LogP contribution < -0.4 is 10.1 Å². The molecule has 3 aromatic carbocycles. The number of benzene rings is 3. The number of aromatic carboxylic acids is 1. The standard InChI is InChI=1S/C27H21NO6/c29-26(30)25-14-13-17(34-25)15-32-24-12-6-5-11-23(24)28-27(31)33-16-22-20-9-3-1-7-18(20)19-8-2-4-10-21(19)22/h1-14,22H,15-16H2,(H,28,31)(H,29,30). The molecular formula is C27H21NO6. The minimum Gasteiger partial charge on any atom is -0.483 e. The van der Waals surface area contributed by atoms with E-state index >= 15 is 0 Å². The van der Waals surface area contributed by atoms with E-state index < -0.39 is 12.1 Å². The number of hydrogen-bond donors (Lipinski definition) is 2. The van der Waals surface area contributed by atoms with Gasteiger partial charge >= 0.3 is 12.1 Å². The molecule has 0 saturated heterocycles. The van der Waals surface area contributed by atoms with Gasteiger partial charge in [0.05, 0.1) is 5.69 Å². The number of para-hydroxylation sites is 2. The van der Waals surface area contributed by atoms with Crippen molar-refractivity contribution < 1.29 is 28.6 Å². The van der Waals surface area contributed by atoms with Crippen molar-refractivity contribution in [3.05, 3.63) is 108 Å². The molecule has 1 aliphatic carbocycles. The number of hydrogen-bond acceptors (Lipinski definition) is 5. The van der Waals surface area contributed by atoms with Crippen molar-refractivity contribution >= 4 is 17.7 Å². The number of carboxylic acids is 1. The lowest BCUT2D eigenvalue weighted by Gasteiger charge is -2.15. The monoisotopic (exact) mass is 455 g/mol. The van der Waals surface area contributed by atoms with Gasteiger partial charge in [0.1, 0.15) is 24.7 Å². The molecule has 170 valence electrons. The van der Waals surface area contributed by atoms with E-state index in [0.717, 1.165) is 22.3 Å². The Morgan fingerprint density at radius 3 is 2.18 bits per heavy atom. The van der Waals surface area contributed by atoms with E-state index in [1.54, 1.807) is 24.3 Å². The summed E-state index contributed by atoms with van der Waals surface area (Å²) in [5.41, 5.74) is 5.04. The first-order chi connectivity index (χ1) is 16.6. The maximum absolute atomic E-state index is 12.6. The van der Waals surface area contributed by atoms with Crippen molar-refractivity contribution in [1.82, 2.24) is 0 Å². The Labute approximate surface area is 195 Å². The van der Waals surface area contributed by atoms with Gasteiger partial charge in [-0.2, -0.15) is 0 Å². The summed E-state index contributed by atoms with van der Waals surface area (Å²) in [6.45, 7) is 0.212. The van der Waals surface area contributed by atoms with Crippen molar-refractivity contribution in [2.75, 3.05) is 11.9 Å². The zero-order chi connectivity index (χ0) is 23.5. The van der Waals surface area contributed by atoms with Crippen LogP contribution in [0.2, 0.25) is 0 Å². The number of anilines is 1. The molecule has 7 heteroatoms. The number of fused-ring (bicyclic) bond motifs is 3. The lowest BCUT2D eigenvalue weighted by molar-refractivity contribution is 0.0658. The largest absolute Gasteiger partial charge is 0.483 e. The first kappa shape index (κ1) is 21.3. The lowest BCUT2D eigenvalue weighted by Crippen LogP contribution is -2.18. The Bertz CT molecular complexity index is 1310. The van der Waals surface area contributed by atoms with Gasteiger partial charge in [-0.25, -0.2) is 9.59 Å². The second kappa shape index (κ2) is 9.15. The molecule has 1 aliphatic rings. The molecule has 34 heavy (non-hydrogen) atoms. The van der Waals surface area contributed by atoms with E-state index in [0.29, 0.717) is 17.2 Å². The zero-order valence-corrected chi connectivity index (χ0v) is 18.1. The van der Waals surface area contributed by atoms with Crippen LogP contribution in [0.1, 0.15) is 33.4 Å². The third kappa shape index (κ3) is 4.23. The number of rotatable bonds is 7. The third-order valence-electron chi connectivity index (χ3n) is 5.71. The summed E-state index contributed by atoms with van der Waals surface area (Å²) in [5.74, 6) is -0.586. The van der Waals surface area contributed by atoms with Crippen LogP contribution in [0.5, 0.6) is 5.75 Å². The molecule has 0 radical (unpaired) electrons. The molecule has 0 unspecified atom stereocenters. The third-order valence-corrected chi connectivity index (χ3v) is 5.71. The second-order valence-electron chi connectivity index (χ2n) is 7.81. The molecule has 0 fully saturated rings. The van der Waals surface area contributed by atoms with E-state index in [1.165, 1.54) is 12.1 Å². The maximum Gasteiger partial charge on any atom is 0.411 e. The summed E-state index contributed by atoms with van der Waals surface area (Å²) in [7, 11) is 0. The first-order valence-corrected chi connectivity index (χ1v) is 10.8. The van der Waals surface area contributed by atoms with Crippen molar-refractivity contribution in [1.29, 1.82) is 0 Å². The van der Waals surface area contributed by atoms with Crippen LogP contribution in [0, 0.1) is 0 Å². The van der Waals surface area contributed by atoms with Gasteiger partial charge in [0.15, 0.2) is 0 Å². The van der Waals surface area contributed by atoms with Gasteiger partial charge in [0.25, 0.3) is 0 Å². The zero-order valence-electron chi connectivity index (χ0n) is 18.1. The minimum absolute atomic E-state index is 0.0106. The highest BCUT2D eigenvalue weighted by Gasteiger charge is 2.29. The quantitative estimate of drug-likeness (QED) is 0.359. The van der Waals surface area contributed by atoms with E-state index in [4.69, 9.17) is 19.0 Å². The van der Waals surface area contributed by atoms with Gasteiger partial charge < -0.3 is 19.0 Å². The summed E-state index contributed by atoms with van der Waals surface area (Å²) in [4.78, 5) is 23.6. The fraction of sp³-hybridized carbons (Fsp3) is 0.111. The van der Waals surface area contributed by atoms with Crippen LogP contribution in [0.4, 0.5) is 10.5 Å². The van der Waals surface area contributed by atoms with Crippen LogP contribution in [0.15, 0.2) is 89.3 Å². The molecule has 1 amide bonds. The SMILES string of the molecule is O=C(Nc1ccccc1OCc1ccc(C(=O)O)o1)OCC1c2ccccc2-c2ccccc21. The summed E-state index contributed by atoms with van der Waals surface area (Å²) in [6.07, 6.45) is -0.593. The van der Waals surface area contributed by atoms with Crippen molar-refractivity contribution in [3.8, 4) is 16.9 Å². The van der Waals surface area contributed by atoms with Crippen LogP contribution in [-0.2, 0) is 11.3 Å². The fourth-order valence-corrected chi connectivity index (χ4v) is 4.16. The average Bonchev–Trinajstić information content (AvgIpc) is 3.45. The van der Waals surface area contributed by atoms with Crippen molar-refractivity contribution in [3.63, 3.8) is 0 Å². The molecule has 4 aromatic rings. The lowest BCUT2D eigenvalue weighted by atomic mass is 9.98. The topological polar surface area (TPSA) is 98.0 Å². The van der Waals surface area contributed by atoms with Crippen LogP contribution >= 0.6 is 0 Å². The predicted octanol–water partition coefficient (Wildman–Crippen LogP) is 5.92. The van der Waals surface area contributed by atoms with E-state index in [1.807, 2.05) is 24.3 Å². The average molecular weight is 455 g/mol. The van der Waals surface area contributed by atoms with E-state index in [2.05, 4.69) is 29.6 Å². The molecule has 0 atom stereocenters. The van der Waals surface area contributed by atoms with Crippen molar-refractivity contribution in [2.45, 2.75) is 12.5 Å². The normalized spacial score (nSPS) is 12.0. The Kier molecular flexibility index (Phi) is 5.74. The molecule has 2 N–H and O–H groups in total. The van der Waals surface area contributed by atoms with Crippen molar-refractivity contribution in [2.24, 2.45) is 0 Å². The van der Waals surface area contributed by atoms with Crippen LogP contribution in [0.3, 0.4) is 0 Å². The highest BCUT2D eigenvalue weighted by atomic mass is 16.5. The molecule has 1 aromatic heterocycles. The number of carbonyl (C=O) groups is 2. The van der Waals surface area contributed by atoms with Gasteiger partial charge in [0, 0.05) is 5.92 Å². The van der Waals surface area contributed by atoms with Gasteiger partial charge in [-0.1, -0.05) is 60.7 Å². The number of amides is 1. The summed E-state index contributed by atoms with van der Waals surface area (Å²) < 4.78 is 16.5. The summed E-state index contributed by atoms with van der Waals surface area (Å²) in [5, 5.41) is 11.7. The van der Waals surface area contributed by atoms with Gasteiger partial charge in [-0.05, 0) is 46.5 Å². The fourth-order valence-electron chi connectivity index (χ4n) is 4.16. The molecule has 0 saturated carbocycles. The minimum atomic E-state index is -1.15. The smallest absolute Gasteiger partial charge is 0.411 e. The van der Waals surface area contributed by atoms with E-state index in [-0.39, 0.29) is 24.9 Å². The second-order valence-corrected chi connectivity index (χ2v) is 7.81. The number of carbonyl (C=O) groups excluding carboxylic acids is 1. The molecule has 0 spiro atoms. The van der Waals surface area contributed by atoms with Gasteiger partial charge in [-0.15, -0.1) is 0 Å². The molecular weight excluding hydrogens is 434 g/mol. The Hall–Kier alpha value is -4.52. The van der Waals surface area contributed by atoms with E-state index in [9.17, 15) is 9.59 Å². The first-order valence-electron chi connectivity index (χ1n) is 10.8. The molecule has 0 aliphatic heterocycles. The Balaban J connectivity index is 1.24. The predicted molar refractivity (Wildman–Crippen MR) is 125 cm³/mol. The van der Waals surface area contributed by atoms with Gasteiger partial charge in [0.2, 0.25) is 5.76 Å². The number of ether oxygens (including phenoxy) is 2. The molecule has 0 bridgehead atoms. The highest BCUT2D eigenvalue weighted by Crippen LogP contribution is 2.44. The van der Waals surface area contributed by atoms with Gasteiger partial charge in [-0.3, -0.25) is 5.32 Å². The number of nitrogens with one attached hydrogen (secondary N) is 1. The van der Waals surface area contributed by atoms with Crippen LogP contribution in [-0.4, -0.2) is 23.8 Å². The molecule has 5 rings (SSSR count). The molecule has 1 heterocycles. The highest BCUT2D eigenvalue weighted by molar-refractivity contribution is 5.87. The Morgan fingerprint density at radius 1 is 0.853 bits per heavy atom. The molecule has 7 nitrogen and oxygen atoms in total. The number of furan rings is 1. The van der Waals surface area contributed by atoms with Crippen LogP contribution in [0.25, 0.3) is 11.1 Å². The maximum atomic E-state index is 12.6. The number of carboxylic acid groups (broad SMARTS) is 1. The Morgan fingerprint density at radius 2 is 1.50 bits per heavy atom. The summed E-state index contributed by atoms with van der Waals surface area (Å²) >= 11 is 0. The summed E-state index contributed by atoms with van der Waals surface area (Å²) in [6, 6.07) is 26.1.